The van der Waals surface area contributed by atoms with Crippen molar-refractivity contribution in [3.63, 3.8) is 0 Å². The largest absolute Gasteiger partial charge is 0.480 e. The number of terminal acetylenes is 1. The third-order valence-electron chi connectivity index (χ3n) is 2.60. The lowest BCUT2D eigenvalue weighted by molar-refractivity contribution is -0.141. The zero-order valence-electron chi connectivity index (χ0n) is 8.98. The maximum Gasteiger partial charge on any atom is 0.327 e. The highest BCUT2D eigenvalue weighted by Crippen LogP contribution is 2.32. The Morgan fingerprint density at radius 2 is 2.19 bits per heavy atom. The summed E-state index contributed by atoms with van der Waals surface area (Å²) >= 11 is 0. The monoisotopic (exact) mass is 224 g/mol. The van der Waals surface area contributed by atoms with Crippen molar-refractivity contribution >= 4 is 11.9 Å². The molecule has 0 spiro atoms. The summed E-state index contributed by atoms with van der Waals surface area (Å²) in [7, 11) is 0. The number of amides is 1. The third-order valence-corrected chi connectivity index (χ3v) is 2.60. The molecular weight excluding hydrogens is 208 g/mol. The molecule has 5 nitrogen and oxygen atoms in total. The van der Waals surface area contributed by atoms with Gasteiger partial charge in [0.2, 0.25) is 5.91 Å². The molecule has 0 aromatic carbocycles. The van der Waals surface area contributed by atoms with Crippen molar-refractivity contribution in [2.45, 2.75) is 37.8 Å². The van der Waals surface area contributed by atoms with E-state index < -0.39 is 12.0 Å². The Hall–Kier alpha value is -1.54. The third kappa shape index (κ3) is 3.91. The van der Waals surface area contributed by atoms with Gasteiger partial charge in [-0.1, -0.05) is 0 Å². The Balaban J connectivity index is 2.35. The Morgan fingerprint density at radius 3 is 2.62 bits per heavy atom. The number of carboxylic acid groups (broad SMARTS) is 1. The van der Waals surface area contributed by atoms with Crippen LogP contribution in [0.4, 0.5) is 0 Å². The van der Waals surface area contributed by atoms with E-state index in [0.717, 1.165) is 12.8 Å². The molecule has 1 saturated carbocycles. The number of carbonyl (C=O) groups excluding carboxylic acids is 1. The lowest BCUT2D eigenvalue weighted by Gasteiger charge is -2.14. The number of carbonyl (C=O) groups is 2. The maximum atomic E-state index is 11.5. The molecule has 0 aromatic heterocycles. The molecule has 0 bridgehead atoms. The summed E-state index contributed by atoms with van der Waals surface area (Å²) in [5.74, 6) is 1.17. The van der Waals surface area contributed by atoms with Crippen LogP contribution in [-0.4, -0.2) is 29.1 Å². The fourth-order valence-corrected chi connectivity index (χ4v) is 1.48. The van der Waals surface area contributed by atoms with Gasteiger partial charge in [-0.25, -0.2) is 4.79 Å². The van der Waals surface area contributed by atoms with Crippen LogP contribution >= 0.6 is 0 Å². The number of aliphatic carboxylic acids is 1. The Bertz CT molecular complexity index is 318. The molecule has 1 aliphatic rings. The van der Waals surface area contributed by atoms with E-state index in [1.54, 1.807) is 0 Å². The summed E-state index contributed by atoms with van der Waals surface area (Å²) in [6.45, 7) is 0. The topological polar surface area (TPSA) is 92.4 Å². The molecule has 4 N–H and O–H groups in total. The van der Waals surface area contributed by atoms with Gasteiger partial charge in [0.15, 0.2) is 0 Å². The van der Waals surface area contributed by atoms with Crippen LogP contribution in [0.15, 0.2) is 0 Å². The van der Waals surface area contributed by atoms with Crippen molar-refractivity contribution in [3.8, 4) is 12.3 Å². The van der Waals surface area contributed by atoms with E-state index in [1.165, 1.54) is 0 Å². The van der Waals surface area contributed by atoms with E-state index in [1.807, 2.05) is 0 Å². The molecule has 0 aliphatic heterocycles. The molecule has 16 heavy (non-hydrogen) atoms. The van der Waals surface area contributed by atoms with Crippen LogP contribution in [0.1, 0.15) is 25.7 Å². The fourth-order valence-electron chi connectivity index (χ4n) is 1.48. The summed E-state index contributed by atoms with van der Waals surface area (Å²) in [6, 6.07) is -1.18. The zero-order valence-corrected chi connectivity index (χ0v) is 8.98. The number of hydrogen-bond donors (Lipinski definition) is 3. The summed E-state index contributed by atoms with van der Waals surface area (Å²) in [4.78, 5) is 22.2. The number of hydrogen-bond acceptors (Lipinski definition) is 3. The van der Waals surface area contributed by atoms with Crippen molar-refractivity contribution in [3.05, 3.63) is 0 Å². The normalized spacial score (nSPS) is 18.2. The van der Waals surface area contributed by atoms with Crippen molar-refractivity contribution in [1.29, 1.82) is 0 Å². The predicted octanol–water partition coefficient (Wildman–Crippen LogP) is -0.293. The minimum absolute atomic E-state index is 0.0141. The van der Waals surface area contributed by atoms with E-state index in [9.17, 15) is 9.59 Å². The van der Waals surface area contributed by atoms with Gasteiger partial charge in [0, 0.05) is 18.9 Å². The van der Waals surface area contributed by atoms with E-state index >= 15 is 0 Å². The summed E-state index contributed by atoms with van der Waals surface area (Å²) in [6.07, 6.45) is 7.28. The van der Waals surface area contributed by atoms with Gasteiger partial charge in [-0.05, 0) is 18.8 Å². The van der Waals surface area contributed by atoms with Gasteiger partial charge in [-0.3, -0.25) is 4.79 Å². The van der Waals surface area contributed by atoms with E-state index in [4.69, 9.17) is 17.3 Å². The van der Waals surface area contributed by atoms with Crippen LogP contribution in [0.2, 0.25) is 0 Å². The highest BCUT2D eigenvalue weighted by atomic mass is 16.4. The maximum absolute atomic E-state index is 11.5. The summed E-state index contributed by atoms with van der Waals surface area (Å²) < 4.78 is 0. The van der Waals surface area contributed by atoms with Crippen molar-refractivity contribution in [1.82, 2.24) is 5.32 Å². The SMILES string of the molecule is C#CCC(NC(=O)CC(N)C1CC1)C(=O)O. The van der Waals surface area contributed by atoms with Crippen LogP contribution in [0.25, 0.3) is 0 Å². The second-order valence-electron chi connectivity index (χ2n) is 4.07. The average Bonchev–Trinajstić information content (AvgIpc) is 2.99. The molecule has 1 amide bonds. The summed E-state index contributed by atoms with van der Waals surface area (Å²) in [5, 5.41) is 11.1. The molecular formula is C11H16N2O3. The highest BCUT2D eigenvalue weighted by molar-refractivity contribution is 5.84. The van der Waals surface area contributed by atoms with Gasteiger partial charge in [0.05, 0.1) is 0 Å². The molecule has 0 saturated heterocycles. The molecule has 88 valence electrons. The molecule has 2 atom stereocenters. The molecule has 1 rings (SSSR count). The Kier molecular flexibility index (Phi) is 4.32. The molecule has 0 aromatic rings. The van der Waals surface area contributed by atoms with Crippen molar-refractivity contribution in [2.24, 2.45) is 11.7 Å². The standard InChI is InChI=1S/C11H16N2O3/c1-2-3-9(11(15)16)13-10(14)6-8(12)7-4-5-7/h1,7-9H,3-6,12H2,(H,13,14)(H,15,16). The first kappa shape index (κ1) is 12.5. The molecule has 5 heteroatoms. The number of rotatable bonds is 6. The molecule has 1 aliphatic carbocycles. The first-order chi connectivity index (χ1) is 7.54. The second-order valence-corrected chi connectivity index (χ2v) is 4.07. The fraction of sp³-hybridized carbons (Fsp3) is 0.636. The number of nitrogens with two attached hydrogens (primary N) is 1. The minimum Gasteiger partial charge on any atom is -0.480 e. The van der Waals surface area contributed by atoms with Crippen LogP contribution in [0, 0.1) is 18.3 Å². The van der Waals surface area contributed by atoms with Gasteiger partial charge in [-0.2, -0.15) is 0 Å². The lowest BCUT2D eigenvalue weighted by Crippen LogP contribution is -2.43. The smallest absolute Gasteiger partial charge is 0.327 e. The predicted molar refractivity (Wildman–Crippen MR) is 58.3 cm³/mol. The van der Waals surface area contributed by atoms with Crippen LogP contribution < -0.4 is 11.1 Å². The Labute approximate surface area is 94.4 Å². The number of nitrogens with one attached hydrogen (secondary N) is 1. The second kappa shape index (κ2) is 5.52. The van der Waals surface area contributed by atoms with Crippen LogP contribution in [0.3, 0.4) is 0 Å². The molecule has 0 heterocycles. The van der Waals surface area contributed by atoms with E-state index in [-0.39, 0.29) is 24.8 Å². The number of carboxylic acids is 1. The van der Waals surface area contributed by atoms with E-state index in [0.29, 0.717) is 5.92 Å². The zero-order chi connectivity index (χ0) is 12.1. The van der Waals surface area contributed by atoms with Gasteiger partial charge < -0.3 is 16.2 Å². The first-order valence-electron chi connectivity index (χ1n) is 5.25. The van der Waals surface area contributed by atoms with Gasteiger partial charge in [0.1, 0.15) is 6.04 Å². The molecule has 1 fully saturated rings. The van der Waals surface area contributed by atoms with Crippen molar-refractivity contribution in [2.75, 3.05) is 0 Å². The first-order valence-corrected chi connectivity index (χ1v) is 5.25. The van der Waals surface area contributed by atoms with Gasteiger partial charge >= 0.3 is 5.97 Å². The van der Waals surface area contributed by atoms with Crippen molar-refractivity contribution < 1.29 is 14.7 Å². The Morgan fingerprint density at radius 1 is 1.56 bits per heavy atom. The minimum atomic E-state index is -1.12. The molecule has 0 radical (unpaired) electrons. The molecule has 2 unspecified atom stereocenters. The summed E-state index contributed by atoms with van der Waals surface area (Å²) in [5.41, 5.74) is 5.76. The average molecular weight is 224 g/mol. The quantitative estimate of drug-likeness (QED) is 0.540. The van der Waals surface area contributed by atoms with Crippen LogP contribution in [0.5, 0.6) is 0 Å². The van der Waals surface area contributed by atoms with Gasteiger partial charge in [0.25, 0.3) is 0 Å². The van der Waals surface area contributed by atoms with Gasteiger partial charge in [-0.15, -0.1) is 12.3 Å². The lowest BCUT2D eigenvalue weighted by atomic mass is 10.1. The van der Waals surface area contributed by atoms with E-state index in [2.05, 4.69) is 11.2 Å². The van der Waals surface area contributed by atoms with Crippen LogP contribution in [-0.2, 0) is 9.59 Å². The highest BCUT2D eigenvalue weighted by Gasteiger charge is 2.30.